The van der Waals surface area contributed by atoms with E-state index in [1.165, 1.54) is 30.6 Å². The third-order valence-electron chi connectivity index (χ3n) is 4.87. The van der Waals surface area contributed by atoms with Crippen LogP contribution in [0.25, 0.3) is 0 Å². The van der Waals surface area contributed by atoms with Gasteiger partial charge in [-0.1, -0.05) is 13.0 Å². The number of hydrazine groups is 1. The molecular weight excluding hydrogens is 254 g/mol. The van der Waals surface area contributed by atoms with E-state index in [4.69, 9.17) is 5.84 Å². The average Bonchev–Trinajstić information content (AvgIpc) is 2.90. The van der Waals surface area contributed by atoms with Crippen molar-refractivity contribution in [1.82, 2.24) is 10.3 Å². The molecule has 0 spiro atoms. The largest absolute Gasteiger partial charge is 0.302 e. The van der Waals surface area contributed by atoms with Gasteiger partial charge in [-0.15, -0.1) is 11.3 Å². The summed E-state index contributed by atoms with van der Waals surface area (Å²) in [6.45, 7) is 2.36. The Labute approximate surface area is 121 Å². The van der Waals surface area contributed by atoms with Gasteiger partial charge in [0.15, 0.2) is 0 Å². The minimum absolute atomic E-state index is 0.200. The molecule has 1 saturated carbocycles. The van der Waals surface area contributed by atoms with Crippen LogP contribution in [0.5, 0.6) is 0 Å². The molecule has 1 atom stereocenters. The summed E-state index contributed by atoms with van der Waals surface area (Å²) in [5.41, 5.74) is 3.31. The Kier molecular flexibility index (Phi) is 5.01. The summed E-state index contributed by atoms with van der Waals surface area (Å²) in [5, 5.41) is 2.15. The molecule has 3 N–H and O–H groups in total. The lowest BCUT2D eigenvalue weighted by molar-refractivity contribution is 0.0437. The summed E-state index contributed by atoms with van der Waals surface area (Å²) < 4.78 is 0. The number of nitrogens with zero attached hydrogens (tertiary/aromatic N) is 1. The zero-order chi connectivity index (χ0) is 13.9. The number of thiophene rings is 1. The maximum Gasteiger partial charge on any atom is 0.0442 e. The smallest absolute Gasteiger partial charge is 0.0442 e. The highest BCUT2D eigenvalue weighted by Gasteiger charge is 2.42. The van der Waals surface area contributed by atoms with Crippen LogP contribution in [0, 0.1) is 5.92 Å². The lowest BCUT2D eigenvalue weighted by Crippen LogP contribution is -2.62. The van der Waals surface area contributed by atoms with Gasteiger partial charge in [0.1, 0.15) is 0 Å². The molecule has 4 heteroatoms. The Balaban J connectivity index is 2.16. The molecule has 1 fully saturated rings. The highest BCUT2D eigenvalue weighted by Crippen LogP contribution is 2.38. The Morgan fingerprint density at radius 1 is 1.47 bits per heavy atom. The first-order valence-electron chi connectivity index (χ1n) is 7.24. The van der Waals surface area contributed by atoms with E-state index >= 15 is 0 Å². The van der Waals surface area contributed by atoms with Crippen LogP contribution in [0.2, 0.25) is 0 Å². The lowest BCUT2D eigenvalue weighted by Gasteiger charge is -2.49. The SMILES string of the molecule is CC1CCC(C(Cc2cccs2)NN)(N(C)C)CC1. The molecule has 1 heterocycles. The van der Waals surface area contributed by atoms with Crippen molar-refractivity contribution in [2.24, 2.45) is 11.8 Å². The molecule has 0 aromatic carbocycles. The molecule has 0 radical (unpaired) electrons. The van der Waals surface area contributed by atoms with Gasteiger partial charge >= 0.3 is 0 Å². The predicted octanol–water partition coefficient (Wildman–Crippen LogP) is 2.63. The molecule has 3 nitrogen and oxygen atoms in total. The molecule has 1 unspecified atom stereocenters. The summed E-state index contributed by atoms with van der Waals surface area (Å²) >= 11 is 1.83. The zero-order valence-electron chi connectivity index (χ0n) is 12.4. The van der Waals surface area contributed by atoms with Crippen LogP contribution in [0.3, 0.4) is 0 Å². The Morgan fingerprint density at radius 3 is 2.63 bits per heavy atom. The molecule has 1 aromatic rings. The number of hydrogen-bond acceptors (Lipinski definition) is 4. The number of hydrogen-bond donors (Lipinski definition) is 2. The van der Waals surface area contributed by atoms with E-state index in [1.807, 2.05) is 11.3 Å². The topological polar surface area (TPSA) is 41.3 Å². The quantitative estimate of drug-likeness (QED) is 0.644. The minimum Gasteiger partial charge on any atom is -0.302 e. The van der Waals surface area contributed by atoms with Crippen LogP contribution < -0.4 is 11.3 Å². The summed E-state index contributed by atoms with van der Waals surface area (Å²) in [6.07, 6.45) is 6.12. The van der Waals surface area contributed by atoms with Gasteiger partial charge < -0.3 is 4.90 Å². The van der Waals surface area contributed by atoms with Crippen molar-refractivity contribution in [3.8, 4) is 0 Å². The summed E-state index contributed by atoms with van der Waals surface area (Å²) in [5.74, 6) is 6.76. The van der Waals surface area contributed by atoms with E-state index < -0.39 is 0 Å². The lowest BCUT2D eigenvalue weighted by atomic mass is 9.71. The van der Waals surface area contributed by atoms with E-state index in [0.717, 1.165) is 12.3 Å². The van der Waals surface area contributed by atoms with Gasteiger partial charge in [0.2, 0.25) is 0 Å². The Morgan fingerprint density at radius 2 is 2.16 bits per heavy atom. The maximum absolute atomic E-state index is 5.91. The summed E-state index contributed by atoms with van der Waals surface area (Å²) in [7, 11) is 4.41. The standard InChI is InChI=1S/C15H27N3S/c1-12-6-8-15(9-7-12,18(2)3)14(17-16)11-13-5-4-10-19-13/h4-5,10,12,14,17H,6-9,11,16H2,1-3H3. The van der Waals surface area contributed by atoms with E-state index in [0.29, 0.717) is 6.04 Å². The maximum atomic E-state index is 5.91. The van der Waals surface area contributed by atoms with Crippen LogP contribution in [0.1, 0.15) is 37.5 Å². The molecule has 2 rings (SSSR count). The number of likely N-dealkylation sites (N-methyl/N-ethyl adjacent to an activating group) is 1. The highest BCUT2D eigenvalue weighted by atomic mass is 32.1. The van der Waals surface area contributed by atoms with Crippen molar-refractivity contribution >= 4 is 11.3 Å². The molecule has 0 amide bonds. The van der Waals surface area contributed by atoms with Gasteiger partial charge in [-0.25, -0.2) is 0 Å². The van der Waals surface area contributed by atoms with Crippen LogP contribution in [0.15, 0.2) is 17.5 Å². The monoisotopic (exact) mass is 281 g/mol. The first kappa shape index (κ1) is 15.0. The fraction of sp³-hybridized carbons (Fsp3) is 0.733. The van der Waals surface area contributed by atoms with Crippen LogP contribution >= 0.6 is 11.3 Å². The predicted molar refractivity (Wildman–Crippen MR) is 83.2 cm³/mol. The van der Waals surface area contributed by atoms with E-state index in [9.17, 15) is 0 Å². The summed E-state index contributed by atoms with van der Waals surface area (Å²) in [6, 6.07) is 4.66. The van der Waals surface area contributed by atoms with Gasteiger partial charge in [-0.05, 0) is 57.1 Å². The zero-order valence-corrected chi connectivity index (χ0v) is 13.2. The second-order valence-electron chi connectivity index (χ2n) is 6.18. The first-order valence-corrected chi connectivity index (χ1v) is 8.12. The second-order valence-corrected chi connectivity index (χ2v) is 7.22. The van der Waals surface area contributed by atoms with Crippen LogP contribution in [-0.4, -0.2) is 30.6 Å². The number of rotatable bonds is 5. The van der Waals surface area contributed by atoms with Crippen molar-refractivity contribution in [2.45, 2.75) is 50.6 Å². The van der Waals surface area contributed by atoms with Gasteiger partial charge in [0.25, 0.3) is 0 Å². The van der Waals surface area contributed by atoms with Gasteiger partial charge in [-0.2, -0.15) is 0 Å². The van der Waals surface area contributed by atoms with Crippen molar-refractivity contribution in [3.05, 3.63) is 22.4 Å². The Hall–Kier alpha value is -0.420. The van der Waals surface area contributed by atoms with Gasteiger partial charge in [0, 0.05) is 22.9 Å². The van der Waals surface area contributed by atoms with E-state index in [2.05, 4.69) is 48.9 Å². The number of nitrogens with two attached hydrogens (primary N) is 1. The molecule has 19 heavy (non-hydrogen) atoms. The number of nitrogens with one attached hydrogen (secondary N) is 1. The van der Waals surface area contributed by atoms with E-state index in [1.54, 1.807) is 0 Å². The third-order valence-corrected chi connectivity index (χ3v) is 5.76. The Bertz CT molecular complexity index is 367. The molecule has 0 saturated heterocycles. The van der Waals surface area contributed by atoms with Crippen molar-refractivity contribution < 1.29 is 0 Å². The highest BCUT2D eigenvalue weighted by molar-refractivity contribution is 7.09. The summed E-state index contributed by atoms with van der Waals surface area (Å²) in [4.78, 5) is 3.82. The van der Waals surface area contributed by atoms with Crippen LogP contribution in [-0.2, 0) is 6.42 Å². The second kappa shape index (κ2) is 6.35. The van der Waals surface area contributed by atoms with Gasteiger partial charge in [0.05, 0.1) is 0 Å². The average molecular weight is 281 g/mol. The molecule has 1 aliphatic rings. The fourth-order valence-electron chi connectivity index (χ4n) is 3.40. The van der Waals surface area contributed by atoms with Crippen molar-refractivity contribution in [3.63, 3.8) is 0 Å². The third kappa shape index (κ3) is 3.19. The van der Waals surface area contributed by atoms with Crippen molar-refractivity contribution in [2.75, 3.05) is 14.1 Å². The van der Waals surface area contributed by atoms with E-state index in [-0.39, 0.29) is 5.54 Å². The first-order chi connectivity index (χ1) is 9.08. The fourth-order valence-corrected chi connectivity index (χ4v) is 4.16. The molecule has 1 aliphatic carbocycles. The van der Waals surface area contributed by atoms with Crippen molar-refractivity contribution in [1.29, 1.82) is 0 Å². The molecule has 1 aromatic heterocycles. The molecule has 0 bridgehead atoms. The normalized spacial score (nSPS) is 29.6. The molecule has 0 aliphatic heterocycles. The van der Waals surface area contributed by atoms with Gasteiger partial charge in [-0.3, -0.25) is 11.3 Å². The molecular formula is C15H27N3S. The molecule has 108 valence electrons. The minimum atomic E-state index is 0.200. The van der Waals surface area contributed by atoms with Crippen LogP contribution in [0.4, 0.5) is 0 Å².